The molecule has 3 N–H and O–H groups in total. The third-order valence-electron chi connectivity index (χ3n) is 6.58. The molecule has 2 aromatic carbocycles. The van der Waals surface area contributed by atoms with E-state index < -0.39 is 67.6 Å². The van der Waals surface area contributed by atoms with Crippen LogP contribution >= 0.6 is 0 Å². The lowest BCUT2D eigenvalue weighted by atomic mass is 9.87. The third-order valence-corrected chi connectivity index (χ3v) is 6.58. The summed E-state index contributed by atoms with van der Waals surface area (Å²) < 4.78 is 63.5. The van der Waals surface area contributed by atoms with Crippen molar-refractivity contribution < 1.29 is 46.8 Å². The van der Waals surface area contributed by atoms with Gasteiger partial charge in [-0.25, -0.2) is 9.18 Å². The van der Waals surface area contributed by atoms with Crippen LogP contribution in [-0.4, -0.2) is 77.4 Å². The molecule has 0 saturated carbocycles. The molecular weight excluding hydrogens is 500 g/mol. The Hall–Kier alpha value is -3.22. The van der Waals surface area contributed by atoms with Crippen molar-refractivity contribution in [3.05, 3.63) is 71.0 Å². The monoisotopic (exact) mass is 526 g/mol. The highest BCUT2D eigenvalue weighted by Crippen LogP contribution is 2.37. The Morgan fingerprint density at radius 1 is 1.16 bits per heavy atom. The van der Waals surface area contributed by atoms with E-state index in [0.717, 1.165) is 11.1 Å². The minimum Gasteiger partial charge on any atom is -0.465 e. The lowest BCUT2D eigenvalue weighted by molar-refractivity contribution is -0.255. The van der Waals surface area contributed by atoms with Crippen LogP contribution in [0.25, 0.3) is 0 Å². The number of ether oxygens (including phenoxy) is 2. The number of carbonyl (C=O) groups is 2. The number of rotatable bonds is 6. The quantitative estimate of drug-likeness (QED) is 0.500. The molecule has 37 heavy (non-hydrogen) atoms. The number of hydrogen-bond donors (Lipinski definition) is 3. The molecule has 5 atom stereocenters. The van der Waals surface area contributed by atoms with Gasteiger partial charge in [0.2, 0.25) is 0 Å². The maximum absolute atomic E-state index is 13.7. The van der Waals surface area contributed by atoms with E-state index in [1.165, 1.54) is 12.1 Å². The van der Waals surface area contributed by atoms with Crippen molar-refractivity contribution in [1.29, 1.82) is 0 Å². The van der Waals surface area contributed by atoms with E-state index in [-0.39, 0.29) is 6.42 Å². The number of alkyl halides is 3. The van der Waals surface area contributed by atoms with Gasteiger partial charge in [-0.2, -0.15) is 13.2 Å². The van der Waals surface area contributed by atoms with Crippen LogP contribution in [-0.2, 0) is 20.7 Å². The number of fused-ring (bicyclic) bond motifs is 1. The van der Waals surface area contributed by atoms with E-state index in [1.807, 2.05) is 24.3 Å². The van der Waals surface area contributed by atoms with Gasteiger partial charge in [0.1, 0.15) is 18.0 Å². The van der Waals surface area contributed by atoms with Crippen LogP contribution in [0.3, 0.4) is 0 Å². The zero-order valence-electron chi connectivity index (χ0n) is 19.5. The minimum atomic E-state index is -4.88. The van der Waals surface area contributed by atoms with Gasteiger partial charge in [-0.15, -0.1) is 0 Å². The molecule has 2 heterocycles. The van der Waals surface area contributed by atoms with Gasteiger partial charge in [-0.1, -0.05) is 36.4 Å². The van der Waals surface area contributed by atoms with E-state index in [4.69, 9.17) is 14.6 Å². The molecule has 8 nitrogen and oxygen atoms in total. The van der Waals surface area contributed by atoms with Crippen LogP contribution in [0.1, 0.15) is 29.2 Å². The number of carbonyl (C=O) groups excluding carboxylic acids is 1. The average Bonchev–Trinajstić information content (AvgIpc) is 2.86. The number of hydrogen-bond acceptors (Lipinski definition) is 5. The van der Waals surface area contributed by atoms with Gasteiger partial charge in [0.05, 0.1) is 25.3 Å². The molecule has 2 aromatic rings. The Morgan fingerprint density at radius 2 is 1.86 bits per heavy atom. The van der Waals surface area contributed by atoms with E-state index in [9.17, 15) is 32.3 Å². The first-order chi connectivity index (χ1) is 17.6. The predicted molar refractivity (Wildman–Crippen MR) is 121 cm³/mol. The number of aliphatic hydroxyl groups is 1. The first kappa shape index (κ1) is 26.8. The van der Waals surface area contributed by atoms with Crippen molar-refractivity contribution in [3.63, 3.8) is 0 Å². The molecule has 200 valence electrons. The number of amides is 2. The summed E-state index contributed by atoms with van der Waals surface area (Å²) in [5, 5.41) is 20.4. The molecule has 0 bridgehead atoms. The molecule has 2 aliphatic heterocycles. The molecular formula is C25H26F4N2O6. The largest absolute Gasteiger partial charge is 0.465 e. The Morgan fingerprint density at radius 3 is 2.51 bits per heavy atom. The minimum absolute atomic E-state index is 0.278. The fraction of sp³-hybridized carbons (Fsp3) is 0.440. The van der Waals surface area contributed by atoms with E-state index in [1.54, 1.807) is 17.0 Å². The van der Waals surface area contributed by atoms with Gasteiger partial charge < -0.3 is 29.9 Å². The van der Waals surface area contributed by atoms with Gasteiger partial charge in [-0.05, 0) is 35.2 Å². The van der Waals surface area contributed by atoms with E-state index >= 15 is 0 Å². The van der Waals surface area contributed by atoms with Gasteiger partial charge in [-0.3, -0.25) is 4.79 Å². The smallest absolute Gasteiger partial charge is 0.416 e. The predicted octanol–water partition coefficient (Wildman–Crippen LogP) is 3.03. The Kier molecular flexibility index (Phi) is 8.00. The number of aliphatic hydroxyl groups excluding tert-OH is 1. The van der Waals surface area contributed by atoms with Gasteiger partial charge in [0.15, 0.2) is 6.10 Å². The summed E-state index contributed by atoms with van der Waals surface area (Å²) in [4.78, 5) is 26.6. The zero-order valence-corrected chi connectivity index (χ0v) is 19.5. The van der Waals surface area contributed by atoms with Crippen molar-refractivity contribution in [1.82, 2.24) is 10.2 Å². The average molecular weight is 526 g/mol. The van der Waals surface area contributed by atoms with Gasteiger partial charge in [0.25, 0.3) is 5.91 Å². The molecule has 12 heteroatoms. The highest BCUT2D eigenvalue weighted by atomic mass is 19.4. The number of halogens is 4. The van der Waals surface area contributed by atoms with E-state index in [2.05, 4.69) is 5.32 Å². The zero-order chi connectivity index (χ0) is 26.7. The summed E-state index contributed by atoms with van der Waals surface area (Å²) in [6.45, 7) is -1.55. The number of benzene rings is 2. The SMILES string of the molecule is O=C(O)N[C@H]1C[C@H](C(=O)N2CCc3ccccc3[C@@H]2c2ccc(F)cc2)OC[C@@H]1OC(CO)C(F)(F)F. The summed E-state index contributed by atoms with van der Waals surface area (Å²) in [7, 11) is 0. The Bertz CT molecular complexity index is 1110. The Labute approximate surface area is 209 Å². The van der Waals surface area contributed by atoms with Crippen LogP contribution in [0.2, 0.25) is 0 Å². The lowest BCUT2D eigenvalue weighted by Gasteiger charge is -2.42. The van der Waals surface area contributed by atoms with Crippen LogP contribution in [0.5, 0.6) is 0 Å². The standard InChI is InChI=1S/C25H26F4N2O6/c26-16-7-5-15(6-8-16)22-17-4-2-1-3-14(17)9-10-31(22)23(33)19-11-18(30-24(34)35)20(13-36-19)37-21(12-32)25(27,28)29/h1-8,18-22,30,32H,9-13H2,(H,34,35)/t18-,19+,20-,21?,22-/m0/s1. The summed E-state index contributed by atoms with van der Waals surface area (Å²) >= 11 is 0. The van der Waals surface area contributed by atoms with Crippen molar-refractivity contribution in [2.24, 2.45) is 0 Å². The highest BCUT2D eigenvalue weighted by molar-refractivity contribution is 5.82. The first-order valence-electron chi connectivity index (χ1n) is 11.7. The third kappa shape index (κ3) is 6.03. The second-order valence-corrected chi connectivity index (χ2v) is 8.94. The van der Waals surface area contributed by atoms with Crippen LogP contribution in [0.15, 0.2) is 48.5 Å². The number of nitrogens with one attached hydrogen (secondary N) is 1. The molecule has 0 spiro atoms. The molecule has 0 radical (unpaired) electrons. The second kappa shape index (κ2) is 11.0. The topological polar surface area (TPSA) is 108 Å². The maximum Gasteiger partial charge on any atom is 0.416 e. The molecule has 0 aliphatic carbocycles. The molecule has 4 rings (SSSR count). The molecule has 2 amide bonds. The highest BCUT2D eigenvalue weighted by Gasteiger charge is 2.46. The normalized spacial score (nSPS) is 24.7. The fourth-order valence-corrected chi connectivity index (χ4v) is 4.82. The molecule has 2 aliphatic rings. The molecule has 1 fully saturated rings. The first-order valence-corrected chi connectivity index (χ1v) is 11.7. The fourth-order valence-electron chi connectivity index (χ4n) is 4.82. The van der Waals surface area contributed by atoms with Gasteiger partial charge in [0, 0.05) is 13.0 Å². The summed E-state index contributed by atoms with van der Waals surface area (Å²) in [6, 6.07) is 11.5. The Balaban J connectivity index is 1.58. The van der Waals surface area contributed by atoms with Crippen molar-refractivity contribution in [3.8, 4) is 0 Å². The van der Waals surface area contributed by atoms with Crippen molar-refractivity contribution in [2.75, 3.05) is 19.8 Å². The van der Waals surface area contributed by atoms with Crippen molar-refractivity contribution in [2.45, 2.75) is 49.4 Å². The molecule has 0 aromatic heterocycles. The van der Waals surface area contributed by atoms with Crippen LogP contribution in [0, 0.1) is 5.82 Å². The summed E-state index contributed by atoms with van der Waals surface area (Å²) in [5.41, 5.74) is 2.53. The van der Waals surface area contributed by atoms with Crippen LogP contribution < -0.4 is 5.32 Å². The number of nitrogens with zero attached hydrogens (tertiary/aromatic N) is 1. The molecule has 1 saturated heterocycles. The van der Waals surface area contributed by atoms with Crippen LogP contribution in [0.4, 0.5) is 22.4 Å². The second-order valence-electron chi connectivity index (χ2n) is 8.94. The summed E-state index contributed by atoms with van der Waals surface area (Å²) in [5.74, 6) is -0.913. The molecule has 1 unspecified atom stereocenters. The lowest BCUT2D eigenvalue weighted by Crippen LogP contribution is -2.58. The maximum atomic E-state index is 13.7. The van der Waals surface area contributed by atoms with Gasteiger partial charge >= 0.3 is 12.3 Å². The van der Waals surface area contributed by atoms with E-state index in [0.29, 0.717) is 18.5 Å². The van der Waals surface area contributed by atoms with Crippen molar-refractivity contribution >= 4 is 12.0 Å². The summed E-state index contributed by atoms with van der Waals surface area (Å²) in [6.07, 6.45) is -11.2. The number of carboxylic acid groups (broad SMARTS) is 1.